The van der Waals surface area contributed by atoms with Gasteiger partial charge in [-0.1, -0.05) is 0 Å². The summed E-state index contributed by atoms with van der Waals surface area (Å²) in [5.41, 5.74) is 1.16. The SMILES string of the molecule is COc1cc(C(=O)O)cc(C(=O)NCCc2ccn[nH]2)c1. The summed E-state index contributed by atoms with van der Waals surface area (Å²) in [6, 6.07) is 6.00. The van der Waals surface area contributed by atoms with Gasteiger partial charge in [0.25, 0.3) is 5.91 Å². The number of hydrogen-bond donors (Lipinski definition) is 3. The third-order valence-electron chi connectivity index (χ3n) is 2.89. The maximum Gasteiger partial charge on any atom is 0.335 e. The Kier molecular flexibility index (Phi) is 4.55. The fourth-order valence-electron chi connectivity index (χ4n) is 1.81. The third kappa shape index (κ3) is 3.82. The largest absolute Gasteiger partial charge is 0.497 e. The van der Waals surface area contributed by atoms with Gasteiger partial charge >= 0.3 is 5.97 Å². The van der Waals surface area contributed by atoms with Crippen LogP contribution in [-0.2, 0) is 6.42 Å². The highest BCUT2D eigenvalue weighted by Crippen LogP contribution is 2.17. The molecule has 0 fully saturated rings. The lowest BCUT2D eigenvalue weighted by atomic mass is 10.1. The molecule has 7 nitrogen and oxygen atoms in total. The van der Waals surface area contributed by atoms with Gasteiger partial charge in [-0.3, -0.25) is 9.89 Å². The number of carbonyl (C=O) groups is 2. The number of rotatable bonds is 6. The first kappa shape index (κ1) is 14.6. The van der Waals surface area contributed by atoms with E-state index in [1.807, 2.05) is 6.07 Å². The molecule has 2 rings (SSSR count). The van der Waals surface area contributed by atoms with E-state index >= 15 is 0 Å². The number of nitrogens with one attached hydrogen (secondary N) is 2. The highest BCUT2D eigenvalue weighted by atomic mass is 16.5. The zero-order valence-corrected chi connectivity index (χ0v) is 11.4. The molecule has 0 aliphatic carbocycles. The van der Waals surface area contributed by atoms with Crippen LogP contribution in [0.5, 0.6) is 5.75 Å². The molecule has 3 N–H and O–H groups in total. The Hall–Kier alpha value is -2.83. The van der Waals surface area contributed by atoms with Crippen molar-refractivity contribution in [2.24, 2.45) is 0 Å². The molecule has 0 aliphatic rings. The van der Waals surface area contributed by atoms with Gasteiger partial charge in [0, 0.05) is 30.4 Å². The maximum absolute atomic E-state index is 12.0. The lowest BCUT2D eigenvalue weighted by molar-refractivity contribution is 0.0696. The van der Waals surface area contributed by atoms with Crippen LogP contribution in [0.4, 0.5) is 0 Å². The van der Waals surface area contributed by atoms with Gasteiger partial charge in [0.15, 0.2) is 0 Å². The van der Waals surface area contributed by atoms with Gasteiger partial charge in [-0.05, 0) is 24.3 Å². The average Bonchev–Trinajstić information content (AvgIpc) is 2.99. The van der Waals surface area contributed by atoms with Gasteiger partial charge in [-0.2, -0.15) is 5.10 Å². The standard InChI is InChI=1S/C14H15N3O4/c1-21-12-7-9(6-10(8-12)14(19)20)13(18)15-4-2-11-3-5-16-17-11/h3,5-8H,2,4H2,1H3,(H,15,18)(H,16,17)(H,19,20). The zero-order chi connectivity index (χ0) is 15.2. The summed E-state index contributed by atoms with van der Waals surface area (Å²) in [5.74, 6) is -1.13. The number of ether oxygens (including phenoxy) is 1. The van der Waals surface area contributed by atoms with Gasteiger partial charge in [-0.15, -0.1) is 0 Å². The molecular formula is C14H15N3O4. The number of amides is 1. The smallest absolute Gasteiger partial charge is 0.335 e. The van der Waals surface area contributed by atoms with Crippen LogP contribution in [0.3, 0.4) is 0 Å². The highest BCUT2D eigenvalue weighted by Gasteiger charge is 2.12. The normalized spacial score (nSPS) is 10.1. The number of aromatic carboxylic acids is 1. The molecule has 1 heterocycles. The Morgan fingerprint density at radius 1 is 1.33 bits per heavy atom. The predicted octanol–water partition coefficient (Wildman–Crippen LogP) is 1.09. The summed E-state index contributed by atoms with van der Waals surface area (Å²) in [4.78, 5) is 23.0. The van der Waals surface area contributed by atoms with Crippen LogP contribution in [0.2, 0.25) is 0 Å². The predicted molar refractivity (Wildman–Crippen MR) is 74.6 cm³/mol. The van der Waals surface area contributed by atoms with Crippen molar-refractivity contribution >= 4 is 11.9 Å². The Morgan fingerprint density at radius 3 is 2.71 bits per heavy atom. The molecule has 2 aromatic rings. The Bertz CT molecular complexity index is 638. The quantitative estimate of drug-likeness (QED) is 0.738. The molecule has 0 spiro atoms. The second-order valence-corrected chi connectivity index (χ2v) is 4.34. The van der Waals surface area contributed by atoms with Crippen LogP contribution >= 0.6 is 0 Å². The maximum atomic E-state index is 12.0. The van der Waals surface area contributed by atoms with Crippen LogP contribution in [0, 0.1) is 0 Å². The van der Waals surface area contributed by atoms with E-state index in [1.54, 1.807) is 6.20 Å². The zero-order valence-electron chi connectivity index (χ0n) is 11.4. The number of hydrogen-bond acceptors (Lipinski definition) is 4. The van der Waals surface area contributed by atoms with Crippen molar-refractivity contribution in [3.05, 3.63) is 47.3 Å². The Balaban J connectivity index is 2.04. The van der Waals surface area contributed by atoms with E-state index < -0.39 is 5.97 Å². The number of aromatic nitrogens is 2. The summed E-state index contributed by atoms with van der Waals surface area (Å²) in [7, 11) is 1.42. The van der Waals surface area contributed by atoms with E-state index in [1.165, 1.54) is 25.3 Å². The van der Waals surface area contributed by atoms with E-state index in [0.29, 0.717) is 18.7 Å². The molecule has 0 bridgehead atoms. The summed E-state index contributed by atoms with van der Waals surface area (Å²) in [5, 5.41) is 18.3. The minimum atomic E-state index is -1.11. The van der Waals surface area contributed by atoms with Crippen molar-refractivity contribution in [2.75, 3.05) is 13.7 Å². The van der Waals surface area contributed by atoms with Gasteiger partial charge < -0.3 is 15.2 Å². The molecule has 1 aromatic heterocycles. The molecule has 0 aliphatic heterocycles. The molecule has 1 amide bonds. The number of benzene rings is 1. The van der Waals surface area contributed by atoms with E-state index in [0.717, 1.165) is 5.69 Å². The second-order valence-electron chi connectivity index (χ2n) is 4.34. The van der Waals surface area contributed by atoms with E-state index in [2.05, 4.69) is 15.5 Å². The number of carbonyl (C=O) groups excluding carboxylic acids is 1. The molecule has 0 saturated carbocycles. The lowest BCUT2D eigenvalue weighted by Crippen LogP contribution is -2.26. The first-order valence-corrected chi connectivity index (χ1v) is 6.29. The molecular weight excluding hydrogens is 274 g/mol. The van der Waals surface area contributed by atoms with Crippen LogP contribution in [0.15, 0.2) is 30.5 Å². The Labute approximate surface area is 120 Å². The van der Waals surface area contributed by atoms with Gasteiger partial charge in [0.05, 0.1) is 12.7 Å². The number of H-pyrrole nitrogens is 1. The topological polar surface area (TPSA) is 104 Å². The highest BCUT2D eigenvalue weighted by molar-refractivity contribution is 5.98. The van der Waals surface area contributed by atoms with Crippen molar-refractivity contribution in [1.82, 2.24) is 15.5 Å². The van der Waals surface area contributed by atoms with E-state index in [4.69, 9.17) is 9.84 Å². The Morgan fingerprint density at radius 2 is 2.10 bits per heavy atom. The summed E-state index contributed by atoms with van der Waals surface area (Å²) in [6.07, 6.45) is 2.25. The minimum Gasteiger partial charge on any atom is -0.497 e. The first-order valence-electron chi connectivity index (χ1n) is 6.29. The average molecular weight is 289 g/mol. The van der Waals surface area contributed by atoms with Crippen molar-refractivity contribution in [2.45, 2.75) is 6.42 Å². The van der Waals surface area contributed by atoms with Crippen LogP contribution in [-0.4, -0.2) is 40.8 Å². The van der Waals surface area contributed by atoms with Gasteiger partial charge in [0.2, 0.25) is 0 Å². The van der Waals surface area contributed by atoms with Crippen molar-refractivity contribution < 1.29 is 19.4 Å². The number of aromatic amines is 1. The number of carboxylic acids is 1. The third-order valence-corrected chi connectivity index (χ3v) is 2.89. The summed E-state index contributed by atoms with van der Waals surface area (Å²) < 4.78 is 5.00. The first-order chi connectivity index (χ1) is 10.1. The number of methoxy groups -OCH3 is 1. The molecule has 0 unspecified atom stereocenters. The summed E-state index contributed by atoms with van der Waals surface area (Å²) >= 11 is 0. The fourth-order valence-corrected chi connectivity index (χ4v) is 1.81. The lowest BCUT2D eigenvalue weighted by Gasteiger charge is -2.08. The number of carboxylic acid groups (broad SMARTS) is 1. The molecule has 0 atom stereocenters. The second kappa shape index (κ2) is 6.56. The van der Waals surface area contributed by atoms with Crippen LogP contribution < -0.4 is 10.1 Å². The number of nitrogens with zero attached hydrogens (tertiary/aromatic N) is 1. The monoisotopic (exact) mass is 289 g/mol. The van der Waals surface area contributed by atoms with Gasteiger partial charge in [0.1, 0.15) is 5.75 Å². The molecule has 7 heteroatoms. The van der Waals surface area contributed by atoms with E-state index in [9.17, 15) is 9.59 Å². The summed E-state index contributed by atoms with van der Waals surface area (Å²) in [6.45, 7) is 0.417. The van der Waals surface area contributed by atoms with Crippen LogP contribution in [0.25, 0.3) is 0 Å². The molecule has 21 heavy (non-hydrogen) atoms. The molecule has 1 aromatic carbocycles. The van der Waals surface area contributed by atoms with Crippen molar-refractivity contribution in [3.63, 3.8) is 0 Å². The minimum absolute atomic E-state index is 0.00747. The van der Waals surface area contributed by atoms with Crippen molar-refractivity contribution in [3.8, 4) is 5.75 Å². The van der Waals surface area contributed by atoms with E-state index in [-0.39, 0.29) is 17.0 Å². The van der Waals surface area contributed by atoms with Crippen LogP contribution in [0.1, 0.15) is 26.4 Å². The fraction of sp³-hybridized carbons (Fsp3) is 0.214. The van der Waals surface area contributed by atoms with Gasteiger partial charge in [-0.25, -0.2) is 4.79 Å². The molecule has 110 valence electrons. The molecule has 0 saturated heterocycles. The van der Waals surface area contributed by atoms with Crippen molar-refractivity contribution in [1.29, 1.82) is 0 Å². The molecule has 0 radical (unpaired) electrons.